The van der Waals surface area contributed by atoms with Crippen LogP contribution in [-0.2, 0) is 12.0 Å². The first-order chi connectivity index (χ1) is 17.7. The average molecular weight is 559 g/mol. The van der Waals surface area contributed by atoms with Crippen molar-refractivity contribution < 1.29 is 40.9 Å². The Labute approximate surface area is 214 Å². The van der Waals surface area contributed by atoms with Gasteiger partial charge >= 0.3 is 12.4 Å². The number of nitrogens with zero attached hydrogens (tertiary/aromatic N) is 3. The molecule has 0 spiro atoms. The number of aryl methyl sites for hydroxylation is 1. The summed E-state index contributed by atoms with van der Waals surface area (Å²) in [6.45, 7) is 1.77. The smallest absolute Gasteiger partial charge is 0.430 e. The number of ether oxygens (including phenoxy) is 2. The van der Waals surface area contributed by atoms with Crippen LogP contribution in [0.1, 0.15) is 21.3 Å². The fourth-order valence-corrected chi connectivity index (χ4v) is 4.72. The Morgan fingerprint density at radius 3 is 2.05 bits per heavy atom. The van der Waals surface area contributed by atoms with E-state index in [1.165, 1.54) is 37.7 Å². The number of rotatable bonds is 6. The van der Waals surface area contributed by atoms with Crippen molar-refractivity contribution in [1.82, 2.24) is 14.5 Å². The summed E-state index contributed by atoms with van der Waals surface area (Å²) in [6.07, 6.45) is -10.4. The molecule has 202 valence electrons. The lowest BCUT2D eigenvalue weighted by Crippen LogP contribution is -2.53. The number of aliphatic hydroxyl groups is 1. The summed E-state index contributed by atoms with van der Waals surface area (Å²) in [5.41, 5.74) is -7.03. The molecule has 0 amide bonds. The summed E-state index contributed by atoms with van der Waals surface area (Å²) >= 11 is 1.33. The molecule has 0 radical (unpaired) electrons. The number of aromatic nitrogens is 3. The van der Waals surface area contributed by atoms with Gasteiger partial charge in [0.2, 0.25) is 0 Å². The van der Waals surface area contributed by atoms with E-state index in [-0.39, 0.29) is 34.6 Å². The Hall–Kier alpha value is -3.65. The predicted octanol–water partition coefficient (Wildman–Crippen LogP) is 5.07. The number of alkyl halides is 6. The van der Waals surface area contributed by atoms with Gasteiger partial charge in [0.25, 0.3) is 11.2 Å². The van der Waals surface area contributed by atoms with E-state index in [0.717, 1.165) is 21.7 Å². The van der Waals surface area contributed by atoms with Crippen molar-refractivity contribution in [3.05, 3.63) is 74.2 Å². The number of thiazole rings is 1. The average Bonchev–Trinajstić information content (AvgIpc) is 3.26. The molecule has 4 aromatic rings. The molecule has 38 heavy (non-hydrogen) atoms. The molecule has 2 heterocycles. The standard InChI is InChI=1S/C24H19F6N3O4S/c1-12-31-11-15(38-12)8-20-32-17-10-19(37-3)18(36-2)9-16(17)21(34)33(20)14-6-4-13(5-7-14)22(35,23(25,26)27)24(28,29)30/h4-7,9-11,35H,8H2,1-3H3. The highest BCUT2D eigenvalue weighted by molar-refractivity contribution is 7.11. The zero-order valence-electron chi connectivity index (χ0n) is 19.9. The van der Waals surface area contributed by atoms with Crippen LogP contribution in [0.4, 0.5) is 26.3 Å². The molecule has 0 bridgehead atoms. The molecule has 0 saturated heterocycles. The van der Waals surface area contributed by atoms with E-state index in [0.29, 0.717) is 22.8 Å². The van der Waals surface area contributed by atoms with Gasteiger partial charge in [0, 0.05) is 29.1 Å². The minimum absolute atomic E-state index is 0.0640. The minimum Gasteiger partial charge on any atom is -0.493 e. The van der Waals surface area contributed by atoms with Gasteiger partial charge in [0.15, 0.2) is 11.5 Å². The van der Waals surface area contributed by atoms with Gasteiger partial charge in [0.1, 0.15) is 5.82 Å². The topological polar surface area (TPSA) is 86.5 Å². The monoisotopic (exact) mass is 559 g/mol. The van der Waals surface area contributed by atoms with Crippen LogP contribution < -0.4 is 15.0 Å². The van der Waals surface area contributed by atoms with Gasteiger partial charge in [-0.1, -0.05) is 12.1 Å². The van der Waals surface area contributed by atoms with Gasteiger partial charge < -0.3 is 14.6 Å². The number of hydrogen-bond donors (Lipinski definition) is 1. The first-order valence-corrected chi connectivity index (χ1v) is 11.6. The van der Waals surface area contributed by atoms with E-state index in [1.807, 2.05) is 0 Å². The first kappa shape index (κ1) is 27.4. The molecular formula is C24H19F6N3O4S. The van der Waals surface area contributed by atoms with Gasteiger partial charge in [-0.25, -0.2) is 9.97 Å². The molecule has 0 fully saturated rings. The van der Waals surface area contributed by atoms with Crippen molar-refractivity contribution in [3.63, 3.8) is 0 Å². The summed E-state index contributed by atoms with van der Waals surface area (Å²) in [6, 6.07) is 5.58. The van der Waals surface area contributed by atoms with Crippen LogP contribution in [-0.4, -0.2) is 46.2 Å². The second-order valence-electron chi connectivity index (χ2n) is 8.17. The molecule has 14 heteroatoms. The molecule has 1 N–H and O–H groups in total. The lowest BCUT2D eigenvalue weighted by Gasteiger charge is -2.32. The lowest BCUT2D eigenvalue weighted by molar-refractivity contribution is -0.376. The number of fused-ring (bicyclic) bond motifs is 1. The van der Waals surface area contributed by atoms with E-state index in [1.54, 1.807) is 13.1 Å². The van der Waals surface area contributed by atoms with Crippen molar-refractivity contribution in [3.8, 4) is 17.2 Å². The number of methoxy groups -OCH3 is 2. The lowest BCUT2D eigenvalue weighted by atomic mass is 9.92. The van der Waals surface area contributed by atoms with Crippen LogP contribution in [0.5, 0.6) is 11.5 Å². The highest BCUT2D eigenvalue weighted by Gasteiger charge is 2.71. The summed E-state index contributed by atoms with van der Waals surface area (Å²) < 4.78 is 91.6. The maximum Gasteiger partial charge on any atom is 0.430 e. The second kappa shape index (κ2) is 9.58. The minimum atomic E-state index is -6.04. The summed E-state index contributed by atoms with van der Waals surface area (Å²) in [5, 5.41) is 10.5. The summed E-state index contributed by atoms with van der Waals surface area (Å²) in [5.74, 6) is 0.659. The number of hydrogen-bond acceptors (Lipinski definition) is 7. The molecule has 0 aliphatic rings. The van der Waals surface area contributed by atoms with Crippen molar-refractivity contribution >= 4 is 22.2 Å². The third kappa shape index (κ3) is 4.58. The Morgan fingerprint density at radius 1 is 0.974 bits per heavy atom. The molecule has 0 aliphatic carbocycles. The highest BCUT2D eigenvalue weighted by Crippen LogP contribution is 2.50. The molecule has 0 unspecified atom stereocenters. The van der Waals surface area contributed by atoms with E-state index in [9.17, 15) is 36.2 Å². The van der Waals surface area contributed by atoms with Gasteiger partial charge in [-0.3, -0.25) is 9.36 Å². The quantitative estimate of drug-likeness (QED) is 0.332. The van der Waals surface area contributed by atoms with Gasteiger partial charge in [0.05, 0.1) is 35.8 Å². The fraction of sp³-hybridized carbons (Fsp3) is 0.292. The van der Waals surface area contributed by atoms with E-state index in [2.05, 4.69) is 9.97 Å². The largest absolute Gasteiger partial charge is 0.493 e. The van der Waals surface area contributed by atoms with Gasteiger partial charge in [-0.2, -0.15) is 26.3 Å². The molecule has 0 saturated carbocycles. The zero-order valence-corrected chi connectivity index (χ0v) is 20.8. The van der Waals surface area contributed by atoms with Crippen molar-refractivity contribution in [1.29, 1.82) is 0 Å². The summed E-state index contributed by atoms with van der Waals surface area (Å²) in [4.78, 5) is 23.0. The maximum absolute atomic E-state index is 13.6. The molecule has 2 aromatic carbocycles. The first-order valence-electron chi connectivity index (χ1n) is 10.8. The fourth-order valence-electron chi connectivity index (χ4n) is 3.93. The molecule has 0 aliphatic heterocycles. The van der Waals surface area contributed by atoms with Gasteiger partial charge in [-0.05, 0) is 25.1 Å². The Balaban J connectivity index is 1.95. The van der Waals surface area contributed by atoms with Crippen LogP contribution in [0.2, 0.25) is 0 Å². The van der Waals surface area contributed by atoms with Crippen LogP contribution in [0.25, 0.3) is 16.6 Å². The van der Waals surface area contributed by atoms with E-state index >= 15 is 0 Å². The molecule has 7 nitrogen and oxygen atoms in total. The van der Waals surface area contributed by atoms with Crippen molar-refractivity contribution in [2.24, 2.45) is 0 Å². The third-order valence-corrected chi connectivity index (χ3v) is 6.72. The highest BCUT2D eigenvalue weighted by atomic mass is 32.1. The predicted molar refractivity (Wildman–Crippen MR) is 126 cm³/mol. The second-order valence-corrected chi connectivity index (χ2v) is 9.49. The molecule has 0 atom stereocenters. The van der Waals surface area contributed by atoms with E-state index in [4.69, 9.17) is 9.47 Å². The summed E-state index contributed by atoms with van der Waals surface area (Å²) in [7, 11) is 2.76. The van der Waals surface area contributed by atoms with Crippen LogP contribution >= 0.6 is 11.3 Å². The molecule has 2 aromatic heterocycles. The zero-order chi connectivity index (χ0) is 28.0. The van der Waals surface area contributed by atoms with Crippen LogP contribution in [0.3, 0.4) is 0 Å². The Bertz CT molecular complexity index is 1530. The SMILES string of the molecule is COc1cc2nc(Cc3cnc(C)s3)n(-c3ccc(C(O)(C(F)(F)F)C(F)(F)F)cc3)c(=O)c2cc1OC. The number of benzene rings is 2. The number of halogens is 6. The molecular weight excluding hydrogens is 540 g/mol. The Kier molecular flexibility index (Phi) is 6.91. The van der Waals surface area contributed by atoms with Crippen molar-refractivity contribution in [2.45, 2.75) is 31.3 Å². The van der Waals surface area contributed by atoms with Gasteiger partial charge in [-0.15, -0.1) is 11.3 Å². The molecule has 4 rings (SSSR count). The third-order valence-electron chi connectivity index (χ3n) is 5.81. The Morgan fingerprint density at radius 2 is 1.55 bits per heavy atom. The van der Waals surface area contributed by atoms with Crippen LogP contribution in [0, 0.1) is 6.92 Å². The normalized spacial score (nSPS) is 12.7. The van der Waals surface area contributed by atoms with Crippen molar-refractivity contribution in [2.75, 3.05) is 14.2 Å². The van der Waals surface area contributed by atoms with E-state index < -0.39 is 29.1 Å². The maximum atomic E-state index is 13.6. The van der Waals surface area contributed by atoms with Crippen LogP contribution in [0.15, 0.2) is 47.4 Å².